The van der Waals surface area contributed by atoms with Crippen LogP contribution in [0, 0.1) is 6.92 Å². The van der Waals surface area contributed by atoms with E-state index in [-0.39, 0.29) is 11.9 Å². The minimum Gasteiger partial charge on any atom is -0.380 e. The number of carbonyl (C=O) groups excluding carboxylic acids is 1. The molecule has 3 aromatic rings. The molecule has 1 amide bonds. The molecule has 1 N–H and O–H groups in total. The number of fused-ring (bicyclic) bond motifs is 1. The lowest BCUT2D eigenvalue weighted by atomic mass is 10.2. The molecule has 0 aliphatic carbocycles. The van der Waals surface area contributed by atoms with Crippen LogP contribution in [0.25, 0.3) is 11.0 Å². The van der Waals surface area contributed by atoms with Crippen LogP contribution in [0.5, 0.6) is 0 Å². The largest absolute Gasteiger partial charge is 0.380 e. The Morgan fingerprint density at radius 1 is 1.29 bits per heavy atom. The van der Waals surface area contributed by atoms with Crippen molar-refractivity contribution in [2.75, 3.05) is 64.7 Å². The van der Waals surface area contributed by atoms with Gasteiger partial charge in [-0.3, -0.25) is 9.48 Å². The minimum atomic E-state index is -0.210. The summed E-state index contributed by atoms with van der Waals surface area (Å²) >= 11 is 0. The molecule has 1 atom stereocenters. The molecule has 1 aliphatic rings. The number of hydrogen-bond acceptors (Lipinski definition) is 9. The van der Waals surface area contributed by atoms with Crippen LogP contribution in [0.1, 0.15) is 29.4 Å². The van der Waals surface area contributed by atoms with E-state index < -0.39 is 0 Å². The number of aromatic nitrogens is 5. The van der Waals surface area contributed by atoms with E-state index in [4.69, 9.17) is 14.7 Å². The summed E-state index contributed by atoms with van der Waals surface area (Å²) in [6.07, 6.45) is 2.78. The summed E-state index contributed by atoms with van der Waals surface area (Å²) in [5.41, 5.74) is 2.53. The first-order valence-corrected chi connectivity index (χ1v) is 12.0. The van der Waals surface area contributed by atoms with Crippen molar-refractivity contribution < 1.29 is 9.53 Å². The zero-order valence-electron chi connectivity index (χ0n) is 21.4. The highest BCUT2D eigenvalue weighted by molar-refractivity contribution is 6.06. The lowest BCUT2D eigenvalue weighted by molar-refractivity contribution is 0.0821. The van der Waals surface area contributed by atoms with Crippen LogP contribution in [0.2, 0.25) is 0 Å². The number of ether oxygens (including phenoxy) is 1. The molecule has 1 saturated heterocycles. The van der Waals surface area contributed by atoms with Crippen molar-refractivity contribution in [2.24, 2.45) is 0 Å². The number of likely N-dealkylation sites (tertiary alicyclic amines) is 1. The van der Waals surface area contributed by atoms with Crippen LogP contribution in [0.3, 0.4) is 0 Å². The summed E-state index contributed by atoms with van der Waals surface area (Å²) in [5.74, 6) is 1.56. The van der Waals surface area contributed by atoms with Crippen LogP contribution < -0.4 is 10.2 Å². The van der Waals surface area contributed by atoms with Gasteiger partial charge in [0.15, 0.2) is 11.5 Å². The van der Waals surface area contributed by atoms with E-state index >= 15 is 0 Å². The van der Waals surface area contributed by atoms with Gasteiger partial charge in [0.2, 0.25) is 5.95 Å². The van der Waals surface area contributed by atoms with Crippen molar-refractivity contribution in [2.45, 2.75) is 32.9 Å². The number of amides is 1. The average molecular weight is 482 g/mol. The van der Waals surface area contributed by atoms with Gasteiger partial charge < -0.3 is 24.8 Å². The van der Waals surface area contributed by atoms with Crippen LogP contribution >= 0.6 is 0 Å². The Morgan fingerprint density at radius 2 is 2.09 bits per heavy atom. The smallest absolute Gasteiger partial charge is 0.276 e. The van der Waals surface area contributed by atoms with Gasteiger partial charge in [-0.25, -0.2) is 9.97 Å². The van der Waals surface area contributed by atoms with Crippen LogP contribution in [-0.4, -0.2) is 101 Å². The Bertz CT molecular complexity index is 1190. The summed E-state index contributed by atoms with van der Waals surface area (Å²) in [5, 5.41) is 8.04. The Kier molecular flexibility index (Phi) is 7.46. The van der Waals surface area contributed by atoms with Gasteiger partial charge in [0.25, 0.3) is 5.91 Å². The highest BCUT2D eigenvalue weighted by atomic mass is 16.5. The van der Waals surface area contributed by atoms with Gasteiger partial charge in [0.1, 0.15) is 16.9 Å². The van der Waals surface area contributed by atoms with Crippen molar-refractivity contribution in [1.29, 1.82) is 0 Å². The number of pyridine rings is 1. The molecule has 0 aromatic carbocycles. The van der Waals surface area contributed by atoms with Gasteiger partial charge in [-0.2, -0.15) is 10.1 Å². The third-order valence-electron chi connectivity index (χ3n) is 6.23. The van der Waals surface area contributed by atoms with Crippen molar-refractivity contribution >= 4 is 34.5 Å². The number of aryl methyl sites for hydroxylation is 1. The van der Waals surface area contributed by atoms with E-state index in [1.54, 1.807) is 25.0 Å². The van der Waals surface area contributed by atoms with Gasteiger partial charge in [0, 0.05) is 46.5 Å². The minimum absolute atomic E-state index is 0.210. The number of nitrogens with zero attached hydrogens (tertiary/aromatic N) is 8. The second kappa shape index (κ2) is 10.5. The first-order valence-electron chi connectivity index (χ1n) is 12.0. The molecule has 1 aliphatic heterocycles. The first-order chi connectivity index (χ1) is 16.8. The van der Waals surface area contributed by atoms with Crippen LogP contribution in [0.4, 0.5) is 17.6 Å². The van der Waals surface area contributed by atoms with Crippen molar-refractivity contribution in [3.63, 3.8) is 0 Å². The van der Waals surface area contributed by atoms with Crippen LogP contribution in [0.15, 0.2) is 18.3 Å². The molecule has 11 nitrogen and oxygen atoms in total. The predicted octanol–water partition coefficient (Wildman–Crippen LogP) is 2.15. The maximum absolute atomic E-state index is 13.1. The second-order valence-corrected chi connectivity index (χ2v) is 9.20. The standard InChI is InChI=1S/C24H35N9O2/c1-7-35-13-12-33-21-19(20(29-33)23(34)30(3)4)27-24(32(6)17-9-11-31(5)15-17)28-22(21)26-18-14-16(2)8-10-25-18/h8,10,14,17H,7,9,11-13,15H2,1-6H3,(H,25,26,27,28). The molecule has 11 heteroatoms. The second-order valence-electron chi connectivity index (χ2n) is 9.20. The van der Waals surface area contributed by atoms with Crippen molar-refractivity contribution in [3.8, 4) is 0 Å². The molecule has 4 heterocycles. The fourth-order valence-corrected chi connectivity index (χ4v) is 4.25. The fourth-order valence-electron chi connectivity index (χ4n) is 4.25. The molecule has 0 radical (unpaired) electrons. The van der Waals surface area contributed by atoms with Crippen LogP contribution in [-0.2, 0) is 11.3 Å². The Hall–Kier alpha value is -3.31. The molecule has 0 bridgehead atoms. The van der Waals surface area contributed by atoms with E-state index in [0.717, 1.165) is 25.1 Å². The van der Waals surface area contributed by atoms with E-state index in [9.17, 15) is 4.79 Å². The maximum atomic E-state index is 13.1. The quantitative estimate of drug-likeness (QED) is 0.460. The summed E-state index contributed by atoms with van der Waals surface area (Å²) in [6, 6.07) is 4.18. The summed E-state index contributed by atoms with van der Waals surface area (Å²) in [4.78, 5) is 33.3. The SMILES string of the molecule is CCOCCn1nc(C(=O)N(C)C)c2nc(N(C)C3CCN(C)C3)nc(Nc3cc(C)ccn3)c21. The number of rotatable bonds is 9. The zero-order chi connectivity index (χ0) is 25.1. The van der Waals surface area contributed by atoms with Gasteiger partial charge >= 0.3 is 0 Å². The van der Waals surface area contributed by atoms with E-state index in [2.05, 4.69) is 32.2 Å². The highest BCUT2D eigenvalue weighted by Gasteiger charge is 2.29. The molecule has 0 spiro atoms. The molecular weight excluding hydrogens is 446 g/mol. The van der Waals surface area contributed by atoms with Gasteiger partial charge in [-0.15, -0.1) is 0 Å². The lowest BCUT2D eigenvalue weighted by Gasteiger charge is -2.25. The normalized spacial score (nSPS) is 16.1. The zero-order valence-corrected chi connectivity index (χ0v) is 21.4. The van der Waals surface area contributed by atoms with Crippen molar-refractivity contribution in [1.82, 2.24) is 34.5 Å². The molecule has 1 unspecified atom stereocenters. The molecule has 3 aromatic heterocycles. The van der Waals surface area contributed by atoms with Gasteiger partial charge in [0.05, 0.1) is 13.2 Å². The maximum Gasteiger partial charge on any atom is 0.276 e. The van der Waals surface area contributed by atoms with Gasteiger partial charge in [-0.1, -0.05) is 0 Å². The molecule has 35 heavy (non-hydrogen) atoms. The van der Waals surface area contributed by atoms with E-state index in [1.807, 2.05) is 33.0 Å². The van der Waals surface area contributed by atoms with Crippen molar-refractivity contribution in [3.05, 3.63) is 29.6 Å². The Morgan fingerprint density at radius 3 is 2.74 bits per heavy atom. The van der Waals surface area contributed by atoms with E-state index in [0.29, 0.717) is 54.1 Å². The Labute approximate surface area is 206 Å². The molecular formula is C24H35N9O2. The monoisotopic (exact) mass is 481 g/mol. The molecule has 188 valence electrons. The summed E-state index contributed by atoms with van der Waals surface area (Å²) < 4.78 is 7.33. The highest BCUT2D eigenvalue weighted by Crippen LogP contribution is 2.30. The average Bonchev–Trinajstić information content (AvgIpc) is 3.42. The summed E-state index contributed by atoms with van der Waals surface area (Å²) in [7, 11) is 7.55. The third kappa shape index (κ3) is 5.35. The first kappa shape index (κ1) is 24.8. The number of anilines is 3. The summed E-state index contributed by atoms with van der Waals surface area (Å²) in [6.45, 7) is 7.44. The topological polar surface area (TPSA) is 105 Å². The number of hydrogen-bond donors (Lipinski definition) is 1. The lowest BCUT2D eigenvalue weighted by Crippen LogP contribution is -2.35. The number of carbonyl (C=O) groups is 1. The van der Waals surface area contributed by atoms with E-state index in [1.165, 1.54) is 4.90 Å². The molecule has 0 saturated carbocycles. The number of likely N-dealkylation sites (N-methyl/N-ethyl adjacent to an activating group) is 2. The third-order valence-corrected chi connectivity index (χ3v) is 6.23. The predicted molar refractivity (Wildman–Crippen MR) is 136 cm³/mol. The fraction of sp³-hybridized carbons (Fsp3) is 0.542. The van der Waals surface area contributed by atoms with Gasteiger partial charge in [-0.05, 0) is 51.6 Å². The molecule has 1 fully saturated rings. The number of nitrogens with one attached hydrogen (secondary N) is 1. The molecule has 4 rings (SSSR count). The Balaban J connectivity index is 1.87.